The van der Waals surface area contributed by atoms with Crippen molar-refractivity contribution in [2.75, 3.05) is 38.1 Å². The van der Waals surface area contributed by atoms with E-state index >= 15 is 0 Å². The number of benzene rings is 1. The molecule has 2 heterocycles. The van der Waals surface area contributed by atoms with E-state index in [4.69, 9.17) is 0 Å². The predicted molar refractivity (Wildman–Crippen MR) is 105 cm³/mol. The highest BCUT2D eigenvalue weighted by molar-refractivity contribution is 5.94. The van der Waals surface area contributed by atoms with Gasteiger partial charge in [-0.15, -0.1) is 12.4 Å². The molecule has 3 rings (SSSR count). The smallest absolute Gasteiger partial charge is 0.269 e. The summed E-state index contributed by atoms with van der Waals surface area (Å²) in [6, 6.07) is 9.99. The van der Waals surface area contributed by atoms with E-state index in [2.05, 4.69) is 15.2 Å². The summed E-state index contributed by atoms with van der Waals surface area (Å²) >= 11 is 0. The molecule has 1 aromatic carbocycles. The Balaban J connectivity index is 0.00000261. The third kappa shape index (κ3) is 5.00. The SMILES string of the molecule is CN(C(=O)CN1CCNCC1c1cccnc1)c1ccc([N+](=O)[O-])cc1.Cl. The standard InChI is InChI=1S/C18H21N5O3.ClH/c1-21(15-4-6-16(7-5-15)23(25)26)18(24)13-22-10-9-20-12-17(22)14-3-2-8-19-11-14;/h2-8,11,17,20H,9-10,12-13H2,1H3;1H. The van der Waals surface area contributed by atoms with Crippen molar-refractivity contribution in [1.29, 1.82) is 0 Å². The van der Waals surface area contributed by atoms with E-state index in [9.17, 15) is 14.9 Å². The molecule has 1 saturated heterocycles. The zero-order chi connectivity index (χ0) is 18.5. The number of amides is 1. The molecule has 1 atom stereocenters. The Bertz CT molecular complexity index is 772. The number of pyridine rings is 1. The van der Waals surface area contributed by atoms with Crippen molar-refractivity contribution in [3.8, 4) is 0 Å². The van der Waals surface area contributed by atoms with E-state index in [0.29, 0.717) is 5.69 Å². The van der Waals surface area contributed by atoms with Crippen LogP contribution in [0, 0.1) is 10.1 Å². The van der Waals surface area contributed by atoms with Gasteiger partial charge >= 0.3 is 0 Å². The average Bonchev–Trinajstić information content (AvgIpc) is 2.68. The number of halogens is 1. The molecule has 1 amide bonds. The van der Waals surface area contributed by atoms with Gasteiger partial charge in [-0.05, 0) is 23.8 Å². The van der Waals surface area contributed by atoms with E-state index in [0.717, 1.165) is 25.2 Å². The summed E-state index contributed by atoms with van der Waals surface area (Å²) in [5, 5.41) is 14.1. The molecule has 144 valence electrons. The molecular formula is C18H22ClN5O3. The molecule has 1 aliphatic rings. The highest BCUT2D eigenvalue weighted by atomic mass is 35.5. The molecule has 0 radical (unpaired) electrons. The van der Waals surface area contributed by atoms with Crippen LogP contribution in [0.2, 0.25) is 0 Å². The number of piperazine rings is 1. The molecule has 0 spiro atoms. The number of aromatic nitrogens is 1. The third-order valence-electron chi connectivity index (χ3n) is 4.58. The van der Waals surface area contributed by atoms with E-state index in [1.165, 1.54) is 17.0 Å². The van der Waals surface area contributed by atoms with Crippen molar-refractivity contribution in [3.05, 3.63) is 64.5 Å². The van der Waals surface area contributed by atoms with Gasteiger partial charge in [-0.2, -0.15) is 0 Å². The highest BCUT2D eigenvalue weighted by Gasteiger charge is 2.27. The molecule has 1 aliphatic heterocycles. The molecule has 0 aliphatic carbocycles. The summed E-state index contributed by atoms with van der Waals surface area (Å²) in [5.74, 6) is -0.0605. The second-order valence-corrected chi connectivity index (χ2v) is 6.20. The predicted octanol–water partition coefficient (Wildman–Crippen LogP) is 2.02. The Hall–Kier alpha value is -2.55. The van der Waals surface area contributed by atoms with Gasteiger partial charge in [-0.1, -0.05) is 6.07 Å². The van der Waals surface area contributed by atoms with Crippen LogP contribution in [0.1, 0.15) is 11.6 Å². The average molecular weight is 392 g/mol. The van der Waals surface area contributed by atoms with Gasteiger partial charge in [-0.3, -0.25) is 24.8 Å². The first-order valence-corrected chi connectivity index (χ1v) is 8.42. The van der Waals surface area contributed by atoms with Crippen LogP contribution in [0.5, 0.6) is 0 Å². The topological polar surface area (TPSA) is 91.6 Å². The largest absolute Gasteiger partial charge is 0.314 e. The van der Waals surface area contributed by atoms with Gasteiger partial charge in [-0.25, -0.2) is 0 Å². The number of rotatable bonds is 5. The minimum absolute atomic E-state index is 0. The van der Waals surface area contributed by atoms with Gasteiger partial charge in [0, 0.05) is 62.9 Å². The summed E-state index contributed by atoms with van der Waals surface area (Å²) in [7, 11) is 1.69. The first kappa shape index (κ1) is 20.8. The molecular weight excluding hydrogens is 370 g/mol. The maximum Gasteiger partial charge on any atom is 0.269 e. The molecule has 9 heteroatoms. The van der Waals surface area contributed by atoms with Crippen LogP contribution >= 0.6 is 12.4 Å². The minimum Gasteiger partial charge on any atom is -0.314 e. The van der Waals surface area contributed by atoms with Gasteiger partial charge in [0.1, 0.15) is 0 Å². The van der Waals surface area contributed by atoms with Crippen LogP contribution in [0.15, 0.2) is 48.8 Å². The van der Waals surface area contributed by atoms with E-state index in [1.807, 2.05) is 18.3 Å². The zero-order valence-electron chi connectivity index (χ0n) is 14.9. The van der Waals surface area contributed by atoms with Crippen LogP contribution in [0.3, 0.4) is 0 Å². The molecule has 0 bridgehead atoms. The van der Waals surface area contributed by atoms with Crippen molar-refractivity contribution in [2.24, 2.45) is 0 Å². The quantitative estimate of drug-likeness (QED) is 0.619. The normalized spacial score (nSPS) is 17.0. The summed E-state index contributed by atoms with van der Waals surface area (Å²) in [5.41, 5.74) is 1.72. The number of non-ortho nitro benzene ring substituents is 1. The summed E-state index contributed by atoms with van der Waals surface area (Å²) < 4.78 is 0. The lowest BCUT2D eigenvalue weighted by molar-refractivity contribution is -0.384. The van der Waals surface area contributed by atoms with E-state index < -0.39 is 4.92 Å². The van der Waals surface area contributed by atoms with Gasteiger partial charge in [0.15, 0.2) is 0 Å². The Morgan fingerprint density at radius 1 is 1.37 bits per heavy atom. The fraction of sp³-hybridized carbons (Fsp3) is 0.333. The number of carbonyl (C=O) groups is 1. The highest BCUT2D eigenvalue weighted by Crippen LogP contribution is 2.23. The molecule has 1 N–H and O–H groups in total. The molecule has 0 saturated carbocycles. The van der Waals surface area contributed by atoms with Crippen molar-refractivity contribution in [1.82, 2.24) is 15.2 Å². The molecule has 1 fully saturated rings. The van der Waals surface area contributed by atoms with Crippen molar-refractivity contribution in [3.63, 3.8) is 0 Å². The number of hydrogen-bond donors (Lipinski definition) is 1. The van der Waals surface area contributed by atoms with Crippen LogP contribution in [-0.4, -0.2) is 53.9 Å². The van der Waals surface area contributed by atoms with Crippen LogP contribution < -0.4 is 10.2 Å². The lowest BCUT2D eigenvalue weighted by Crippen LogP contribution is -2.49. The Morgan fingerprint density at radius 2 is 2.11 bits per heavy atom. The van der Waals surface area contributed by atoms with Crippen LogP contribution in [-0.2, 0) is 4.79 Å². The lowest BCUT2D eigenvalue weighted by Gasteiger charge is -2.36. The van der Waals surface area contributed by atoms with E-state index in [1.54, 1.807) is 25.4 Å². The Morgan fingerprint density at radius 3 is 2.74 bits per heavy atom. The molecule has 8 nitrogen and oxygen atoms in total. The first-order valence-electron chi connectivity index (χ1n) is 8.42. The summed E-state index contributed by atoms with van der Waals surface area (Å²) in [6.45, 7) is 2.62. The maximum absolute atomic E-state index is 12.7. The number of nitrogens with zero attached hydrogens (tertiary/aromatic N) is 4. The Labute approximate surface area is 163 Å². The second-order valence-electron chi connectivity index (χ2n) is 6.20. The van der Waals surface area contributed by atoms with Gasteiger partial charge in [0.05, 0.1) is 11.5 Å². The number of nitro benzene ring substituents is 1. The van der Waals surface area contributed by atoms with Gasteiger partial charge < -0.3 is 10.2 Å². The number of hydrogen-bond acceptors (Lipinski definition) is 6. The lowest BCUT2D eigenvalue weighted by atomic mass is 10.1. The van der Waals surface area contributed by atoms with E-state index in [-0.39, 0.29) is 36.6 Å². The number of carbonyl (C=O) groups excluding carboxylic acids is 1. The zero-order valence-corrected chi connectivity index (χ0v) is 15.8. The van der Waals surface area contributed by atoms with Gasteiger partial charge in [0.2, 0.25) is 5.91 Å². The number of likely N-dealkylation sites (N-methyl/N-ethyl adjacent to an activating group) is 1. The van der Waals surface area contributed by atoms with Crippen LogP contribution in [0.4, 0.5) is 11.4 Å². The van der Waals surface area contributed by atoms with Crippen molar-refractivity contribution >= 4 is 29.7 Å². The molecule has 1 unspecified atom stereocenters. The molecule has 27 heavy (non-hydrogen) atoms. The molecule has 1 aromatic heterocycles. The second kappa shape index (κ2) is 9.40. The fourth-order valence-corrected chi connectivity index (χ4v) is 3.06. The maximum atomic E-state index is 12.7. The number of nitro groups is 1. The Kier molecular flexibility index (Phi) is 7.23. The third-order valence-corrected chi connectivity index (χ3v) is 4.58. The van der Waals surface area contributed by atoms with Crippen molar-refractivity contribution < 1.29 is 9.72 Å². The molecule has 2 aromatic rings. The van der Waals surface area contributed by atoms with Crippen molar-refractivity contribution in [2.45, 2.75) is 6.04 Å². The fourth-order valence-electron chi connectivity index (χ4n) is 3.06. The van der Waals surface area contributed by atoms with Gasteiger partial charge in [0.25, 0.3) is 5.69 Å². The summed E-state index contributed by atoms with van der Waals surface area (Å²) in [6.07, 6.45) is 3.56. The van der Waals surface area contributed by atoms with Crippen LogP contribution in [0.25, 0.3) is 0 Å². The first-order chi connectivity index (χ1) is 12.6. The minimum atomic E-state index is -0.454. The monoisotopic (exact) mass is 391 g/mol. The summed E-state index contributed by atoms with van der Waals surface area (Å²) in [4.78, 5) is 30.9. The number of nitrogens with one attached hydrogen (secondary N) is 1. The number of anilines is 1.